The van der Waals surface area contributed by atoms with Gasteiger partial charge in [-0.3, -0.25) is 0 Å². The van der Waals surface area contributed by atoms with E-state index in [1.54, 1.807) is 22.3 Å². The summed E-state index contributed by atoms with van der Waals surface area (Å²) in [4.78, 5) is 0. The maximum absolute atomic E-state index is 5.30. The third-order valence-electron chi connectivity index (χ3n) is 26.4. The van der Waals surface area contributed by atoms with Gasteiger partial charge in [-0.2, -0.15) is 17.5 Å². The molecule has 5 aromatic rings. The van der Waals surface area contributed by atoms with E-state index in [0.717, 1.165) is 11.0 Å². The van der Waals surface area contributed by atoms with Gasteiger partial charge in [0.2, 0.25) is 0 Å². The minimum absolute atomic E-state index is 0.0400. The van der Waals surface area contributed by atoms with Crippen molar-refractivity contribution in [3.8, 4) is 22.3 Å². The summed E-state index contributed by atoms with van der Waals surface area (Å²) in [7, 11) is 0. The molecule has 0 spiro atoms. The highest BCUT2D eigenvalue weighted by atomic mass is 32.1. The summed E-state index contributed by atoms with van der Waals surface area (Å²) in [6.45, 7) is 9.32. The average molecular weight is 1490 g/mol. The number of aromatic nitrogens is 4. The van der Waals surface area contributed by atoms with Crippen LogP contribution in [0, 0.1) is 0 Å². The molecule has 0 bridgehead atoms. The maximum Gasteiger partial charge on any atom is 0.112 e. The van der Waals surface area contributed by atoms with Crippen molar-refractivity contribution >= 4 is 45.5 Å². The fraction of sp³-hybridized carbons (Fsp3) is 0.820. The number of hydrogen-bond acceptors (Lipinski definition) is 6. The van der Waals surface area contributed by atoms with Gasteiger partial charge in [0.1, 0.15) is 22.1 Å². The van der Waals surface area contributed by atoms with Gasteiger partial charge in [-0.15, -0.1) is 0 Å². The highest BCUT2D eigenvalue weighted by molar-refractivity contribution is 7.00. The van der Waals surface area contributed by atoms with Gasteiger partial charge in [0.15, 0.2) is 0 Å². The molecule has 0 unspecified atom stereocenters. The first kappa shape index (κ1) is 90.5. The second-order valence-corrected chi connectivity index (χ2v) is 36.4. The van der Waals surface area contributed by atoms with E-state index >= 15 is 0 Å². The molecule has 4 nitrogen and oxygen atoms in total. The van der Waals surface area contributed by atoms with E-state index in [2.05, 4.69) is 64.1 Å². The molecule has 6 heteroatoms. The molecule has 2 aromatic heterocycles. The molecule has 2 aliphatic rings. The van der Waals surface area contributed by atoms with E-state index in [1.807, 2.05) is 0 Å². The van der Waals surface area contributed by atoms with E-state index < -0.39 is 0 Å². The number of hydrogen-bond donors (Lipinski definition) is 0. The average Bonchev–Trinajstić information content (AvgIpc) is 1.52. The summed E-state index contributed by atoms with van der Waals surface area (Å²) >= 11 is 2.87. The predicted octanol–water partition coefficient (Wildman–Crippen LogP) is 36.0. The smallest absolute Gasteiger partial charge is 0.112 e. The molecule has 0 N–H and O–H groups in total. The molecule has 0 saturated carbocycles. The summed E-state index contributed by atoms with van der Waals surface area (Å²) in [5.41, 5.74) is 16.7. The number of fused-ring (bicyclic) bond motifs is 10. The minimum atomic E-state index is -0.0400. The molecule has 0 amide bonds. The Bertz CT molecular complexity index is 2620. The van der Waals surface area contributed by atoms with Crippen LogP contribution in [0.5, 0.6) is 0 Å². The van der Waals surface area contributed by atoms with Gasteiger partial charge in [0.25, 0.3) is 0 Å². The number of unbranched alkanes of at least 4 members (excludes halogenated alkanes) is 68. The van der Waals surface area contributed by atoms with Crippen LogP contribution < -0.4 is 0 Å². The lowest BCUT2D eigenvalue weighted by atomic mass is 9.68. The molecule has 0 atom stereocenters. The van der Waals surface area contributed by atoms with Crippen molar-refractivity contribution in [1.29, 1.82) is 0 Å². The lowest BCUT2D eigenvalue weighted by Gasteiger charge is -2.35. The Hall–Kier alpha value is -2.70. The first-order valence-corrected chi connectivity index (χ1v) is 49.8. The number of nitrogens with zero attached hydrogens (tertiary/aromatic N) is 4. The molecule has 0 radical (unpaired) electrons. The summed E-state index contributed by atoms with van der Waals surface area (Å²) in [5, 5.41) is 0. The summed E-state index contributed by atoms with van der Waals surface area (Å²) in [5.74, 6) is 0. The Labute approximate surface area is 666 Å². The minimum Gasteiger partial charge on any atom is -0.173 e. The lowest BCUT2D eigenvalue weighted by molar-refractivity contribution is 0.393. The van der Waals surface area contributed by atoms with E-state index in [0.29, 0.717) is 0 Å². The van der Waals surface area contributed by atoms with Gasteiger partial charge in [0, 0.05) is 22.0 Å². The molecule has 3 aromatic carbocycles. The Balaban J connectivity index is 1.03. The van der Waals surface area contributed by atoms with Crippen LogP contribution in [0.3, 0.4) is 0 Å². The standard InChI is InChI=1S/C100H170N4S2/c1-5-9-13-17-21-25-29-33-37-41-45-49-53-57-61-65-69-73-81-99(82-74-70-66-62-58-54-50-46-42-38-34-30-26-22-18-14-10-6-2)89-77-79-93-97(103-105-101-93)95(89)87-86-92-88(85-91(87)99)96-90(78-80-94-98(96)104-106-102-94)100(92,83-75-71-67-63-59-55-51-47-43-39-35-31-27-23-19-15-11-7-3)84-76-72-68-64-60-56-52-48-44-40-36-32-28-24-20-16-12-8-4/h77-80,85-86H,5-76,81-84H2,1-4H3. The van der Waals surface area contributed by atoms with Crippen LogP contribution in [-0.4, -0.2) is 17.5 Å². The number of benzene rings is 3. The normalized spacial score (nSPS) is 13.5. The third-order valence-corrected chi connectivity index (χ3v) is 27.5. The summed E-state index contributed by atoms with van der Waals surface area (Å²) in [6.07, 6.45) is 107. The highest BCUT2D eigenvalue weighted by Crippen LogP contribution is 2.62. The zero-order chi connectivity index (χ0) is 74.2. The van der Waals surface area contributed by atoms with Gasteiger partial charge in [-0.05, 0) is 83.3 Å². The molecule has 2 heterocycles. The molecule has 106 heavy (non-hydrogen) atoms. The third kappa shape index (κ3) is 33.2. The van der Waals surface area contributed by atoms with Crippen molar-refractivity contribution in [2.75, 3.05) is 0 Å². The second kappa shape index (κ2) is 59.1. The van der Waals surface area contributed by atoms with Crippen molar-refractivity contribution in [3.63, 3.8) is 0 Å². The fourth-order valence-corrected chi connectivity index (χ4v) is 20.9. The summed E-state index contributed by atoms with van der Waals surface area (Å²) < 4.78 is 20.6. The first-order chi connectivity index (χ1) is 52.6. The monoisotopic (exact) mass is 1490 g/mol. The SMILES string of the molecule is CCCCCCCCCCCCCCCCCCCCC1(CCCCCCCCCCCCCCCCCCCC)c2cc3c(cc2-c2c1ccc1nsnc21)C(CCCCCCCCCCCCCCCCCCCC)(CCCCCCCCCCCCCCCCCCCC)c1ccc2nsnc2c1-3. The van der Waals surface area contributed by atoms with Gasteiger partial charge < -0.3 is 0 Å². The fourth-order valence-electron chi connectivity index (χ4n) is 19.8. The first-order valence-electron chi connectivity index (χ1n) is 48.3. The molecule has 0 fully saturated rings. The van der Waals surface area contributed by atoms with Gasteiger partial charge in [-0.1, -0.05) is 502 Å². The predicted molar refractivity (Wildman–Crippen MR) is 474 cm³/mol. The van der Waals surface area contributed by atoms with Crippen molar-refractivity contribution in [3.05, 3.63) is 58.7 Å². The Morgan fingerprint density at radius 3 is 0.547 bits per heavy atom. The molecule has 2 aliphatic carbocycles. The topological polar surface area (TPSA) is 51.6 Å². The van der Waals surface area contributed by atoms with E-state index in [9.17, 15) is 0 Å². The van der Waals surface area contributed by atoms with Crippen molar-refractivity contribution in [1.82, 2.24) is 17.5 Å². The molecule has 7 rings (SSSR count). The lowest BCUT2D eigenvalue weighted by Crippen LogP contribution is -2.27. The van der Waals surface area contributed by atoms with Gasteiger partial charge >= 0.3 is 0 Å². The van der Waals surface area contributed by atoms with E-state index in [-0.39, 0.29) is 10.8 Å². The quantitative estimate of drug-likeness (QED) is 0.0364. The maximum atomic E-state index is 5.30. The summed E-state index contributed by atoms with van der Waals surface area (Å²) in [6, 6.07) is 15.6. The van der Waals surface area contributed by atoms with Crippen LogP contribution in [0.15, 0.2) is 36.4 Å². The van der Waals surface area contributed by atoms with Gasteiger partial charge in [0.05, 0.1) is 23.5 Å². The van der Waals surface area contributed by atoms with Crippen molar-refractivity contribution in [2.45, 2.75) is 527 Å². The second-order valence-electron chi connectivity index (χ2n) is 35.4. The van der Waals surface area contributed by atoms with Crippen LogP contribution in [-0.2, 0) is 10.8 Å². The van der Waals surface area contributed by atoms with Crippen LogP contribution in [0.1, 0.15) is 538 Å². The Morgan fingerprint density at radius 2 is 0.368 bits per heavy atom. The van der Waals surface area contributed by atoms with Crippen LogP contribution >= 0.6 is 23.5 Å². The zero-order valence-electron chi connectivity index (χ0n) is 70.8. The van der Waals surface area contributed by atoms with Gasteiger partial charge in [-0.25, -0.2) is 0 Å². The molecule has 0 aliphatic heterocycles. The zero-order valence-corrected chi connectivity index (χ0v) is 72.4. The van der Waals surface area contributed by atoms with Crippen LogP contribution in [0.4, 0.5) is 0 Å². The molecule has 0 saturated heterocycles. The largest absolute Gasteiger partial charge is 0.173 e. The van der Waals surface area contributed by atoms with Crippen LogP contribution in [0.2, 0.25) is 0 Å². The molecular formula is C100H170N4S2. The molecule has 602 valence electrons. The Kier molecular flexibility index (Phi) is 50.4. The van der Waals surface area contributed by atoms with Crippen molar-refractivity contribution in [2.24, 2.45) is 0 Å². The van der Waals surface area contributed by atoms with E-state index in [1.165, 1.54) is 545 Å². The number of rotatable bonds is 76. The van der Waals surface area contributed by atoms with E-state index in [4.69, 9.17) is 17.5 Å². The van der Waals surface area contributed by atoms with Crippen LogP contribution in [0.25, 0.3) is 44.3 Å². The Morgan fingerprint density at radius 1 is 0.198 bits per heavy atom. The molecular weight excluding hydrogens is 1320 g/mol. The highest BCUT2D eigenvalue weighted by Gasteiger charge is 2.49. The van der Waals surface area contributed by atoms with Crippen molar-refractivity contribution < 1.29 is 0 Å².